The lowest BCUT2D eigenvalue weighted by Crippen LogP contribution is -2.40. The molecule has 21 heavy (non-hydrogen) atoms. The first-order valence-corrected chi connectivity index (χ1v) is 9.06. The molecule has 0 aromatic heterocycles. The minimum absolute atomic E-state index is 0.277. The zero-order valence-electron chi connectivity index (χ0n) is 12.5. The van der Waals surface area contributed by atoms with E-state index in [0.717, 1.165) is 6.54 Å². The molecule has 1 aliphatic carbocycles. The zero-order valence-corrected chi connectivity index (χ0v) is 14.1. The van der Waals surface area contributed by atoms with Crippen molar-refractivity contribution in [1.82, 2.24) is 5.32 Å². The maximum absolute atomic E-state index is 9.98. The van der Waals surface area contributed by atoms with Gasteiger partial charge in [-0.1, -0.05) is 30.5 Å². The number of aliphatic hydroxyl groups excluding tert-OH is 1. The Bertz CT molecular complexity index is 438. The Morgan fingerprint density at radius 2 is 2.19 bits per heavy atom. The van der Waals surface area contributed by atoms with E-state index in [1.807, 2.05) is 23.9 Å². The number of hydrogen-bond donors (Lipinski definition) is 2. The molecule has 0 radical (unpaired) electrons. The fourth-order valence-corrected chi connectivity index (χ4v) is 3.87. The summed E-state index contributed by atoms with van der Waals surface area (Å²) in [6, 6.07) is 7.23. The van der Waals surface area contributed by atoms with Crippen LogP contribution < -0.4 is 10.1 Å². The first kappa shape index (κ1) is 16.9. The number of rotatable bonds is 8. The third kappa shape index (κ3) is 5.37. The SMILES string of the molecule is CSC1(CNCC(O)COc2cccc(Cl)c2)CCCC1. The summed E-state index contributed by atoms with van der Waals surface area (Å²) in [6.45, 7) is 1.80. The number of halogens is 1. The molecule has 0 bridgehead atoms. The van der Waals surface area contributed by atoms with E-state index in [2.05, 4.69) is 11.6 Å². The number of nitrogens with one attached hydrogen (secondary N) is 1. The van der Waals surface area contributed by atoms with Gasteiger partial charge in [0.2, 0.25) is 0 Å². The molecule has 1 aromatic carbocycles. The Hall–Kier alpha value is -0.420. The largest absolute Gasteiger partial charge is 0.491 e. The van der Waals surface area contributed by atoms with Crippen LogP contribution in [0.15, 0.2) is 24.3 Å². The smallest absolute Gasteiger partial charge is 0.120 e. The molecule has 1 atom stereocenters. The van der Waals surface area contributed by atoms with Gasteiger partial charge in [-0.3, -0.25) is 0 Å². The van der Waals surface area contributed by atoms with Crippen LogP contribution >= 0.6 is 23.4 Å². The number of thioether (sulfide) groups is 1. The Kier molecular flexibility index (Phi) is 6.68. The topological polar surface area (TPSA) is 41.5 Å². The number of benzene rings is 1. The Morgan fingerprint density at radius 3 is 2.86 bits per heavy atom. The first-order chi connectivity index (χ1) is 10.1. The van der Waals surface area contributed by atoms with Crippen molar-refractivity contribution in [3.63, 3.8) is 0 Å². The van der Waals surface area contributed by atoms with Crippen molar-refractivity contribution in [2.24, 2.45) is 0 Å². The molecular weight excluding hydrogens is 306 g/mol. The lowest BCUT2D eigenvalue weighted by molar-refractivity contribution is 0.106. The lowest BCUT2D eigenvalue weighted by atomic mass is 10.1. The van der Waals surface area contributed by atoms with Crippen LogP contribution in [0.25, 0.3) is 0 Å². The van der Waals surface area contributed by atoms with Crippen LogP contribution in [0.1, 0.15) is 25.7 Å². The molecule has 2 N–H and O–H groups in total. The molecule has 3 nitrogen and oxygen atoms in total. The maximum Gasteiger partial charge on any atom is 0.120 e. The summed E-state index contributed by atoms with van der Waals surface area (Å²) in [6.07, 6.45) is 6.87. The second kappa shape index (κ2) is 8.28. The van der Waals surface area contributed by atoms with E-state index in [0.29, 0.717) is 22.1 Å². The van der Waals surface area contributed by atoms with Crippen LogP contribution in [0.3, 0.4) is 0 Å². The minimum atomic E-state index is -0.510. The normalized spacial score (nSPS) is 18.6. The molecule has 0 saturated heterocycles. The van der Waals surface area contributed by atoms with Crippen molar-refractivity contribution in [2.75, 3.05) is 26.0 Å². The van der Waals surface area contributed by atoms with Crippen molar-refractivity contribution in [3.05, 3.63) is 29.3 Å². The summed E-state index contributed by atoms with van der Waals surface area (Å²) in [5.41, 5.74) is 0. The fraction of sp³-hybridized carbons (Fsp3) is 0.625. The molecule has 5 heteroatoms. The second-order valence-electron chi connectivity index (χ2n) is 5.65. The zero-order chi connectivity index (χ0) is 15.1. The van der Waals surface area contributed by atoms with Crippen LogP contribution in [-0.2, 0) is 0 Å². The van der Waals surface area contributed by atoms with Gasteiger partial charge in [-0.25, -0.2) is 0 Å². The molecule has 1 unspecified atom stereocenters. The molecule has 1 fully saturated rings. The van der Waals surface area contributed by atoms with Crippen molar-refractivity contribution < 1.29 is 9.84 Å². The third-order valence-electron chi connectivity index (χ3n) is 4.01. The Labute approximate surface area is 136 Å². The van der Waals surface area contributed by atoms with Gasteiger partial charge in [-0.05, 0) is 37.3 Å². The highest BCUT2D eigenvalue weighted by molar-refractivity contribution is 8.00. The van der Waals surface area contributed by atoms with E-state index < -0.39 is 6.10 Å². The van der Waals surface area contributed by atoms with Gasteiger partial charge in [0.05, 0.1) is 0 Å². The van der Waals surface area contributed by atoms with E-state index in [1.54, 1.807) is 12.1 Å². The summed E-state index contributed by atoms with van der Waals surface area (Å²) in [7, 11) is 0. The molecular formula is C16H24ClNO2S. The van der Waals surface area contributed by atoms with Gasteiger partial charge in [-0.2, -0.15) is 11.8 Å². The van der Waals surface area contributed by atoms with Gasteiger partial charge in [0.15, 0.2) is 0 Å². The highest BCUT2D eigenvalue weighted by Crippen LogP contribution is 2.39. The predicted octanol–water partition coefficient (Wildman–Crippen LogP) is 3.35. The van der Waals surface area contributed by atoms with Crippen molar-refractivity contribution in [2.45, 2.75) is 36.5 Å². The minimum Gasteiger partial charge on any atom is -0.491 e. The summed E-state index contributed by atoms with van der Waals surface area (Å²) in [5, 5.41) is 14.0. The average molecular weight is 330 g/mol. The van der Waals surface area contributed by atoms with Crippen LogP contribution in [0, 0.1) is 0 Å². The number of ether oxygens (including phenoxy) is 1. The summed E-state index contributed by atoms with van der Waals surface area (Å²) in [5.74, 6) is 0.693. The summed E-state index contributed by atoms with van der Waals surface area (Å²) < 4.78 is 5.91. The molecule has 0 heterocycles. The van der Waals surface area contributed by atoms with Gasteiger partial charge in [0, 0.05) is 22.9 Å². The number of hydrogen-bond acceptors (Lipinski definition) is 4. The quantitative estimate of drug-likeness (QED) is 0.767. The number of aliphatic hydroxyl groups is 1. The molecule has 1 saturated carbocycles. The fourth-order valence-electron chi connectivity index (χ4n) is 2.75. The van der Waals surface area contributed by atoms with Gasteiger partial charge in [-0.15, -0.1) is 0 Å². The van der Waals surface area contributed by atoms with Crippen LogP contribution in [-0.4, -0.2) is 41.9 Å². The van der Waals surface area contributed by atoms with Crippen molar-refractivity contribution in [1.29, 1.82) is 0 Å². The monoisotopic (exact) mass is 329 g/mol. The average Bonchev–Trinajstić information content (AvgIpc) is 2.95. The van der Waals surface area contributed by atoms with Gasteiger partial charge in [0.1, 0.15) is 18.5 Å². The molecule has 118 valence electrons. The van der Waals surface area contributed by atoms with E-state index in [1.165, 1.54) is 25.7 Å². The van der Waals surface area contributed by atoms with Crippen molar-refractivity contribution in [3.8, 4) is 5.75 Å². The van der Waals surface area contributed by atoms with E-state index >= 15 is 0 Å². The second-order valence-corrected chi connectivity index (χ2v) is 7.36. The molecule has 1 aliphatic rings. The highest BCUT2D eigenvalue weighted by atomic mass is 35.5. The van der Waals surface area contributed by atoms with Gasteiger partial charge in [0.25, 0.3) is 0 Å². The Balaban J connectivity index is 1.66. The van der Waals surface area contributed by atoms with Crippen LogP contribution in [0.4, 0.5) is 0 Å². The molecule has 0 amide bonds. The van der Waals surface area contributed by atoms with Gasteiger partial charge >= 0.3 is 0 Å². The predicted molar refractivity (Wildman–Crippen MR) is 90.5 cm³/mol. The Morgan fingerprint density at radius 1 is 1.43 bits per heavy atom. The summed E-state index contributed by atoms with van der Waals surface area (Å²) in [4.78, 5) is 0. The molecule has 0 aliphatic heterocycles. The van der Waals surface area contributed by atoms with Crippen LogP contribution in [0.5, 0.6) is 5.75 Å². The van der Waals surface area contributed by atoms with E-state index in [4.69, 9.17) is 16.3 Å². The maximum atomic E-state index is 9.98. The third-order valence-corrected chi connectivity index (χ3v) is 5.67. The first-order valence-electron chi connectivity index (χ1n) is 7.46. The lowest BCUT2D eigenvalue weighted by Gasteiger charge is -2.27. The molecule has 2 rings (SSSR count). The van der Waals surface area contributed by atoms with Crippen molar-refractivity contribution >= 4 is 23.4 Å². The van der Waals surface area contributed by atoms with Crippen LogP contribution in [0.2, 0.25) is 5.02 Å². The standard InChI is InChI=1S/C16H24ClNO2S/c1-21-16(7-2-3-8-16)12-18-10-14(19)11-20-15-6-4-5-13(17)9-15/h4-6,9,14,18-19H,2-3,7-8,10-12H2,1H3. The van der Waals surface area contributed by atoms with E-state index in [-0.39, 0.29) is 6.61 Å². The van der Waals surface area contributed by atoms with Gasteiger partial charge < -0.3 is 15.2 Å². The van der Waals surface area contributed by atoms with E-state index in [9.17, 15) is 5.11 Å². The summed E-state index contributed by atoms with van der Waals surface area (Å²) >= 11 is 7.84. The molecule has 0 spiro atoms. The molecule has 1 aromatic rings. The highest BCUT2D eigenvalue weighted by Gasteiger charge is 2.32.